The highest BCUT2D eigenvalue weighted by Gasteiger charge is 2.56. The smallest absolute Gasteiger partial charge is 0.117 e. The van der Waals surface area contributed by atoms with Gasteiger partial charge in [-0.2, -0.15) is 5.26 Å². The van der Waals surface area contributed by atoms with Crippen molar-refractivity contribution in [1.29, 1.82) is 5.26 Å². The number of hydrogen-bond donors (Lipinski definition) is 1. The molecule has 2 rings (SSSR count). The molecule has 2 heteroatoms. The summed E-state index contributed by atoms with van der Waals surface area (Å²) >= 11 is 0. The molecule has 0 heterocycles. The van der Waals surface area contributed by atoms with Crippen LogP contribution in [-0.2, 0) is 5.41 Å². The van der Waals surface area contributed by atoms with Gasteiger partial charge in [0.15, 0.2) is 0 Å². The largest absolute Gasteiger partial charge is 0.384 e. The van der Waals surface area contributed by atoms with Crippen molar-refractivity contribution < 1.29 is 5.11 Å². The maximum absolute atomic E-state index is 10.6. The van der Waals surface area contributed by atoms with Crippen LogP contribution in [0.1, 0.15) is 19.4 Å². The second kappa shape index (κ2) is 4.36. The van der Waals surface area contributed by atoms with E-state index in [1.54, 1.807) is 24.3 Å². The molecular weight excluding hydrogens is 234 g/mol. The third kappa shape index (κ3) is 1.82. The lowest BCUT2D eigenvalue weighted by Gasteiger charge is -2.48. The van der Waals surface area contributed by atoms with Crippen molar-refractivity contribution in [3.05, 3.63) is 67.1 Å². The fourth-order valence-electron chi connectivity index (χ4n) is 2.80. The maximum atomic E-state index is 10.6. The third-order valence-corrected chi connectivity index (χ3v) is 4.17. The highest BCUT2D eigenvalue weighted by atomic mass is 16.3. The van der Waals surface area contributed by atoms with Crippen LogP contribution in [0.15, 0.2) is 54.6 Å². The van der Waals surface area contributed by atoms with Crippen molar-refractivity contribution in [3.63, 3.8) is 0 Å². The highest BCUT2D eigenvalue weighted by molar-refractivity contribution is 5.44. The molecule has 97 valence electrons. The number of hydrogen-bond acceptors (Lipinski definition) is 2. The molecule has 1 radical (unpaired) electrons. The van der Waals surface area contributed by atoms with Crippen molar-refractivity contribution >= 4 is 0 Å². The van der Waals surface area contributed by atoms with Crippen LogP contribution in [0.25, 0.3) is 0 Å². The van der Waals surface area contributed by atoms with Crippen LogP contribution >= 0.6 is 0 Å². The fourth-order valence-corrected chi connectivity index (χ4v) is 2.80. The number of rotatable bonds is 2. The van der Waals surface area contributed by atoms with Crippen LogP contribution in [0, 0.1) is 23.7 Å². The van der Waals surface area contributed by atoms with E-state index in [9.17, 15) is 10.4 Å². The van der Waals surface area contributed by atoms with Gasteiger partial charge in [0, 0.05) is 5.41 Å². The first-order valence-electron chi connectivity index (χ1n) is 6.29. The van der Waals surface area contributed by atoms with Crippen LogP contribution < -0.4 is 0 Å². The Bertz CT molecular complexity index is 561. The van der Waals surface area contributed by atoms with E-state index in [2.05, 4.69) is 13.0 Å². The van der Waals surface area contributed by atoms with Crippen molar-refractivity contribution in [2.24, 2.45) is 5.41 Å². The first-order chi connectivity index (χ1) is 8.87. The molecule has 0 spiro atoms. The van der Waals surface area contributed by atoms with E-state index >= 15 is 0 Å². The first-order valence-corrected chi connectivity index (χ1v) is 6.29. The van der Waals surface area contributed by atoms with Gasteiger partial charge in [0.05, 0.1) is 6.07 Å². The second-order valence-corrected chi connectivity index (χ2v) is 5.55. The summed E-state index contributed by atoms with van der Waals surface area (Å²) in [6, 6.07) is 12.1. The number of benzene rings is 1. The molecule has 2 unspecified atom stereocenters. The molecule has 2 atom stereocenters. The SMILES string of the molecule is [CH2]C1(O)C=CC=CC1(C#N)C(C)(C)c1ccccc1. The molecule has 1 aliphatic carbocycles. The minimum Gasteiger partial charge on any atom is -0.384 e. The van der Waals surface area contributed by atoms with Crippen LogP contribution in [0.5, 0.6) is 0 Å². The summed E-state index contributed by atoms with van der Waals surface area (Å²) in [5.41, 5.74) is -2.12. The van der Waals surface area contributed by atoms with E-state index in [-0.39, 0.29) is 0 Å². The topological polar surface area (TPSA) is 44.0 Å². The zero-order valence-electron chi connectivity index (χ0n) is 11.3. The molecule has 0 fully saturated rings. The summed E-state index contributed by atoms with van der Waals surface area (Å²) < 4.78 is 0. The van der Waals surface area contributed by atoms with Crippen LogP contribution in [0.3, 0.4) is 0 Å². The molecule has 19 heavy (non-hydrogen) atoms. The number of allylic oxidation sites excluding steroid dienone is 2. The molecule has 1 aliphatic rings. The van der Waals surface area contributed by atoms with Gasteiger partial charge >= 0.3 is 0 Å². The van der Waals surface area contributed by atoms with Gasteiger partial charge in [-0.3, -0.25) is 0 Å². The average molecular weight is 252 g/mol. The molecule has 1 aromatic rings. The maximum Gasteiger partial charge on any atom is 0.117 e. The Morgan fingerprint density at radius 2 is 1.74 bits per heavy atom. The zero-order chi connectivity index (χ0) is 14.1. The Morgan fingerprint density at radius 3 is 2.26 bits per heavy atom. The Labute approximate surface area is 114 Å². The minimum absolute atomic E-state index is 0.569. The molecule has 1 N–H and O–H groups in total. The molecule has 0 aliphatic heterocycles. The van der Waals surface area contributed by atoms with E-state index in [1.807, 2.05) is 44.2 Å². The van der Waals surface area contributed by atoms with Crippen LogP contribution in [0.4, 0.5) is 0 Å². The van der Waals surface area contributed by atoms with Crippen molar-refractivity contribution in [2.45, 2.75) is 24.9 Å². The third-order valence-electron chi connectivity index (χ3n) is 4.17. The molecular formula is C17H18NO. The fraction of sp³-hybridized carbons (Fsp3) is 0.294. The molecule has 2 nitrogen and oxygen atoms in total. The van der Waals surface area contributed by atoms with Gasteiger partial charge in [-0.15, -0.1) is 0 Å². The Kier molecular flexibility index (Phi) is 3.12. The van der Waals surface area contributed by atoms with Gasteiger partial charge in [0.1, 0.15) is 11.0 Å². The summed E-state index contributed by atoms with van der Waals surface area (Å²) in [4.78, 5) is 0. The Morgan fingerprint density at radius 1 is 1.16 bits per heavy atom. The molecule has 0 aromatic heterocycles. The van der Waals surface area contributed by atoms with Crippen LogP contribution in [-0.4, -0.2) is 10.7 Å². The standard InChI is InChI=1S/C17H18NO/c1-15(2,14-9-5-4-6-10-14)17(13-18)12-8-7-11-16(17,3)19/h4-12,19H,3H2,1-2H3. The molecule has 0 saturated carbocycles. The van der Waals surface area contributed by atoms with E-state index in [1.165, 1.54) is 0 Å². The summed E-state index contributed by atoms with van der Waals surface area (Å²) in [6.45, 7) is 7.77. The average Bonchev–Trinajstić information content (AvgIpc) is 2.39. The highest BCUT2D eigenvalue weighted by Crippen LogP contribution is 2.51. The van der Waals surface area contributed by atoms with Gasteiger partial charge in [0.2, 0.25) is 0 Å². The monoisotopic (exact) mass is 252 g/mol. The van der Waals surface area contributed by atoms with Gasteiger partial charge in [0.25, 0.3) is 0 Å². The van der Waals surface area contributed by atoms with Gasteiger partial charge < -0.3 is 5.11 Å². The summed E-state index contributed by atoms with van der Waals surface area (Å²) in [5, 5.41) is 20.3. The summed E-state index contributed by atoms with van der Waals surface area (Å²) in [6.07, 6.45) is 6.87. The summed E-state index contributed by atoms with van der Waals surface area (Å²) in [7, 11) is 0. The van der Waals surface area contributed by atoms with Crippen molar-refractivity contribution in [2.75, 3.05) is 0 Å². The van der Waals surface area contributed by atoms with Crippen molar-refractivity contribution in [1.82, 2.24) is 0 Å². The second-order valence-electron chi connectivity index (χ2n) is 5.55. The Balaban J connectivity index is 2.63. The van der Waals surface area contributed by atoms with Crippen molar-refractivity contribution in [3.8, 4) is 6.07 Å². The molecule has 0 amide bonds. The van der Waals surface area contributed by atoms with Gasteiger partial charge in [-0.1, -0.05) is 68.5 Å². The van der Waals surface area contributed by atoms with Gasteiger partial charge in [-0.25, -0.2) is 0 Å². The van der Waals surface area contributed by atoms with E-state index in [0.717, 1.165) is 5.56 Å². The van der Waals surface area contributed by atoms with E-state index in [0.29, 0.717) is 0 Å². The quantitative estimate of drug-likeness (QED) is 0.878. The summed E-state index contributed by atoms with van der Waals surface area (Å²) in [5.74, 6) is 0. The van der Waals surface area contributed by atoms with E-state index < -0.39 is 16.4 Å². The molecule has 0 saturated heterocycles. The number of aliphatic hydroxyl groups is 1. The minimum atomic E-state index is -1.45. The molecule has 0 bridgehead atoms. The predicted molar refractivity (Wildman–Crippen MR) is 76.1 cm³/mol. The number of nitriles is 1. The lowest BCUT2D eigenvalue weighted by atomic mass is 9.54. The van der Waals surface area contributed by atoms with Crippen LogP contribution in [0.2, 0.25) is 0 Å². The number of nitrogens with zero attached hydrogens (tertiary/aromatic N) is 1. The Hall–Kier alpha value is -1.85. The molecule has 1 aromatic carbocycles. The zero-order valence-corrected chi connectivity index (χ0v) is 11.3. The predicted octanol–water partition coefficient (Wildman–Crippen LogP) is 3.17. The lowest BCUT2D eigenvalue weighted by molar-refractivity contribution is 0.0146. The van der Waals surface area contributed by atoms with E-state index in [4.69, 9.17) is 0 Å². The lowest BCUT2D eigenvalue weighted by Crippen LogP contribution is -2.54. The van der Waals surface area contributed by atoms with Gasteiger partial charge in [-0.05, 0) is 12.5 Å². The normalized spacial score (nSPS) is 30.1. The first kappa shape index (κ1) is 13.6.